The number of carbonyl (C=O) groups excluding carboxylic acids is 2. The van der Waals surface area contributed by atoms with Crippen LogP contribution in [0.4, 0.5) is 4.79 Å². The third-order valence-corrected chi connectivity index (χ3v) is 6.07. The smallest absolute Gasteiger partial charge is 0.413 e. The molecular formula is C29H33NO6. The van der Waals surface area contributed by atoms with Crippen LogP contribution in [-0.4, -0.2) is 41.8 Å². The van der Waals surface area contributed by atoms with Crippen molar-refractivity contribution in [2.24, 2.45) is 5.92 Å². The van der Waals surface area contributed by atoms with Crippen LogP contribution in [-0.2, 0) is 25.6 Å². The zero-order valence-electron chi connectivity index (χ0n) is 21.1. The molecule has 0 radical (unpaired) electrons. The standard InChI is InChI=1S/C29H33NO6/c1-29(2,3)36-28(32)30-24(21-13-9-6-10-14-21)25(27(31)34-19-20-11-7-5-8-12-20)35-26(30)22-15-17-23(33-4)18-16-22/h5-13,15-18,21,24-26H,14,19H2,1-4H3/t21?,24-,25+,26?/m0/s1. The number of nitrogens with zero attached hydrogens (tertiary/aromatic N) is 1. The van der Waals surface area contributed by atoms with Gasteiger partial charge in [0.15, 0.2) is 12.3 Å². The molecular weight excluding hydrogens is 458 g/mol. The third kappa shape index (κ3) is 5.97. The van der Waals surface area contributed by atoms with Crippen molar-refractivity contribution in [2.75, 3.05) is 7.11 Å². The Labute approximate surface area is 212 Å². The van der Waals surface area contributed by atoms with Crippen LogP contribution in [0, 0.1) is 5.92 Å². The molecule has 0 saturated carbocycles. The van der Waals surface area contributed by atoms with Crippen LogP contribution < -0.4 is 4.74 Å². The van der Waals surface area contributed by atoms with Crippen LogP contribution >= 0.6 is 0 Å². The Morgan fingerprint density at radius 1 is 1.03 bits per heavy atom. The summed E-state index contributed by atoms with van der Waals surface area (Å²) in [6, 6.07) is 16.1. The van der Waals surface area contributed by atoms with Gasteiger partial charge in [-0.15, -0.1) is 0 Å². The largest absolute Gasteiger partial charge is 0.497 e. The van der Waals surface area contributed by atoms with Crippen LogP contribution in [0.5, 0.6) is 5.75 Å². The van der Waals surface area contributed by atoms with Gasteiger partial charge in [0.2, 0.25) is 0 Å². The topological polar surface area (TPSA) is 74.3 Å². The molecule has 1 fully saturated rings. The molecule has 0 bridgehead atoms. The highest BCUT2D eigenvalue weighted by molar-refractivity contribution is 5.79. The monoisotopic (exact) mass is 491 g/mol. The fourth-order valence-electron chi connectivity index (χ4n) is 4.42. The molecule has 4 rings (SSSR count). The predicted octanol–water partition coefficient (Wildman–Crippen LogP) is 5.57. The summed E-state index contributed by atoms with van der Waals surface area (Å²) in [7, 11) is 1.59. The molecule has 7 nitrogen and oxygen atoms in total. The van der Waals surface area contributed by atoms with Crippen molar-refractivity contribution in [1.29, 1.82) is 0 Å². The van der Waals surface area contributed by atoms with E-state index >= 15 is 0 Å². The molecule has 0 spiro atoms. The fourth-order valence-corrected chi connectivity index (χ4v) is 4.42. The molecule has 2 unspecified atom stereocenters. The van der Waals surface area contributed by atoms with E-state index in [2.05, 4.69) is 0 Å². The Morgan fingerprint density at radius 3 is 2.36 bits per heavy atom. The summed E-state index contributed by atoms with van der Waals surface area (Å²) in [6.45, 7) is 5.56. The lowest BCUT2D eigenvalue weighted by molar-refractivity contribution is -0.159. The van der Waals surface area contributed by atoms with Gasteiger partial charge in [-0.2, -0.15) is 0 Å². The van der Waals surface area contributed by atoms with Gasteiger partial charge in [-0.1, -0.05) is 66.8 Å². The number of rotatable bonds is 6. The number of hydrogen-bond donors (Lipinski definition) is 0. The van der Waals surface area contributed by atoms with Crippen molar-refractivity contribution in [3.8, 4) is 5.75 Å². The van der Waals surface area contributed by atoms with Crippen LogP contribution in [0.3, 0.4) is 0 Å². The molecule has 0 N–H and O–H groups in total. The summed E-state index contributed by atoms with van der Waals surface area (Å²) in [4.78, 5) is 28.5. The Hall–Kier alpha value is -3.58. The maximum Gasteiger partial charge on any atom is 0.413 e. The molecule has 1 aliphatic carbocycles. The second kappa shape index (κ2) is 11.0. The van der Waals surface area contributed by atoms with Gasteiger partial charge in [-0.05, 0) is 44.9 Å². The zero-order valence-corrected chi connectivity index (χ0v) is 21.1. The van der Waals surface area contributed by atoms with E-state index in [-0.39, 0.29) is 12.5 Å². The third-order valence-electron chi connectivity index (χ3n) is 6.07. The number of methoxy groups -OCH3 is 1. The SMILES string of the molecule is COc1ccc(C2O[C@@H](C(=O)OCc3ccccc3)[C@H](C3C=CC=CC3)N2C(=O)OC(C)(C)C)cc1. The Kier molecular flexibility index (Phi) is 7.79. The lowest BCUT2D eigenvalue weighted by Gasteiger charge is -2.34. The molecule has 4 atom stereocenters. The average Bonchev–Trinajstić information content (AvgIpc) is 3.28. The van der Waals surface area contributed by atoms with E-state index in [1.165, 1.54) is 0 Å². The molecule has 1 amide bonds. The van der Waals surface area contributed by atoms with Crippen molar-refractivity contribution < 1.29 is 28.5 Å². The number of ether oxygens (including phenoxy) is 4. The van der Waals surface area contributed by atoms with Gasteiger partial charge in [0.1, 0.15) is 18.0 Å². The van der Waals surface area contributed by atoms with Gasteiger partial charge in [0.25, 0.3) is 0 Å². The van der Waals surface area contributed by atoms with E-state index < -0.39 is 36.0 Å². The number of esters is 1. The molecule has 190 valence electrons. The van der Waals surface area contributed by atoms with E-state index in [0.717, 1.165) is 5.56 Å². The first-order valence-corrected chi connectivity index (χ1v) is 12.1. The summed E-state index contributed by atoms with van der Waals surface area (Å²) in [5.41, 5.74) is 0.859. The molecule has 7 heteroatoms. The van der Waals surface area contributed by atoms with Gasteiger partial charge < -0.3 is 18.9 Å². The van der Waals surface area contributed by atoms with E-state index in [1.54, 1.807) is 24.1 Å². The highest BCUT2D eigenvalue weighted by Crippen LogP contribution is 2.41. The highest BCUT2D eigenvalue weighted by Gasteiger charge is 2.53. The molecule has 2 aromatic carbocycles. The van der Waals surface area contributed by atoms with E-state index in [1.807, 2.05) is 87.5 Å². The first-order chi connectivity index (χ1) is 17.3. The molecule has 1 heterocycles. The van der Waals surface area contributed by atoms with Gasteiger partial charge in [-0.25, -0.2) is 9.59 Å². The Balaban J connectivity index is 1.68. The van der Waals surface area contributed by atoms with Crippen molar-refractivity contribution in [1.82, 2.24) is 4.90 Å². The number of hydrogen-bond acceptors (Lipinski definition) is 6. The minimum absolute atomic E-state index is 0.117. The minimum atomic E-state index is -0.991. The molecule has 1 saturated heterocycles. The summed E-state index contributed by atoms with van der Waals surface area (Å²) in [5, 5.41) is 0. The summed E-state index contributed by atoms with van der Waals surface area (Å²) >= 11 is 0. The van der Waals surface area contributed by atoms with Gasteiger partial charge in [-0.3, -0.25) is 4.90 Å². The number of benzene rings is 2. The normalized spacial score (nSPS) is 23.4. The summed E-state index contributed by atoms with van der Waals surface area (Å²) < 4.78 is 23.1. The maximum absolute atomic E-state index is 13.6. The lowest BCUT2D eigenvalue weighted by Crippen LogP contribution is -2.49. The van der Waals surface area contributed by atoms with Gasteiger partial charge in [0, 0.05) is 11.5 Å². The summed E-state index contributed by atoms with van der Waals surface area (Å²) in [6.07, 6.45) is 6.18. The molecule has 1 aliphatic heterocycles. The van der Waals surface area contributed by atoms with E-state index in [4.69, 9.17) is 18.9 Å². The minimum Gasteiger partial charge on any atom is -0.497 e. The quantitative estimate of drug-likeness (QED) is 0.492. The average molecular weight is 492 g/mol. The molecule has 2 aliphatic rings. The van der Waals surface area contributed by atoms with Crippen LogP contribution in [0.2, 0.25) is 0 Å². The zero-order chi connectivity index (χ0) is 25.7. The number of allylic oxidation sites excluding steroid dienone is 3. The predicted molar refractivity (Wildman–Crippen MR) is 135 cm³/mol. The van der Waals surface area contributed by atoms with Crippen molar-refractivity contribution in [3.05, 3.63) is 90.0 Å². The lowest BCUT2D eigenvalue weighted by atomic mass is 9.88. The van der Waals surface area contributed by atoms with Gasteiger partial charge in [0.05, 0.1) is 13.2 Å². The molecule has 36 heavy (non-hydrogen) atoms. The second-order valence-electron chi connectivity index (χ2n) is 9.87. The van der Waals surface area contributed by atoms with E-state index in [0.29, 0.717) is 17.7 Å². The van der Waals surface area contributed by atoms with Gasteiger partial charge >= 0.3 is 12.1 Å². The first kappa shape index (κ1) is 25.5. The van der Waals surface area contributed by atoms with Crippen LogP contribution in [0.1, 0.15) is 44.5 Å². The molecule has 2 aromatic rings. The first-order valence-electron chi connectivity index (χ1n) is 12.1. The Bertz CT molecular complexity index is 1100. The van der Waals surface area contributed by atoms with E-state index in [9.17, 15) is 9.59 Å². The van der Waals surface area contributed by atoms with Crippen molar-refractivity contribution in [2.45, 2.75) is 57.8 Å². The van der Waals surface area contributed by atoms with Crippen LogP contribution in [0.15, 0.2) is 78.9 Å². The maximum atomic E-state index is 13.6. The van der Waals surface area contributed by atoms with Crippen molar-refractivity contribution >= 4 is 12.1 Å². The molecule has 0 aromatic heterocycles. The fraction of sp³-hybridized carbons (Fsp3) is 0.379. The second-order valence-corrected chi connectivity index (χ2v) is 9.87. The highest BCUT2D eigenvalue weighted by atomic mass is 16.6. The summed E-state index contributed by atoms with van der Waals surface area (Å²) in [5.74, 6) is 0.00713. The Morgan fingerprint density at radius 2 is 1.75 bits per heavy atom. The van der Waals surface area contributed by atoms with Crippen LogP contribution in [0.25, 0.3) is 0 Å². The number of carbonyl (C=O) groups is 2. The number of amides is 1. The van der Waals surface area contributed by atoms with Crippen molar-refractivity contribution in [3.63, 3.8) is 0 Å².